The zero-order valence-electron chi connectivity index (χ0n) is 8.21. The van der Waals surface area contributed by atoms with Crippen molar-refractivity contribution in [2.75, 3.05) is 0 Å². The Morgan fingerprint density at radius 3 is 2.33 bits per heavy atom. The summed E-state index contributed by atoms with van der Waals surface area (Å²) in [5.74, 6) is -2.16. The van der Waals surface area contributed by atoms with E-state index in [0.29, 0.717) is 12.1 Å². The van der Waals surface area contributed by atoms with Gasteiger partial charge in [-0.15, -0.1) is 0 Å². The first-order chi connectivity index (χ1) is 8.04. The highest BCUT2D eigenvalue weighted by molar-refractivity contribution is 7.88. The van der Waals surface area contributed by atoms with Crippen molar-refractivity contribution in [3.63, 3.8) is 0 Å². The van der Waals surface area contributed by atoms with E-state index in [2.05, 4.69) is 4.18 Å². The van der Waals surface area contributed by atoms with Crippen LogP contribution in [0.1, 0.15) is 0 Å². The van der Waals surface area contributed by atoms with E-state index >= 15 is 0 Å². The number of phenolic OH excluding ortho intramolecular Hbond substituents is 1. The molecule has 0 saturated carbocycles. The summed E-state index contributed by atoms with van der Waals surface area (Å²) in [4.78, 5) is 9.33. The van der Waals surface area contributed by atoms with Gasteiger partial charge >= 0.3 is 15.6 Å². The number of halogens is 3. The Bertz CT molecular complexity index is 581. The van der Waals surface area contributed by atoms with Gasteiger partial charge in [0.2, 0.25) is 0 Å². The summed E-state index contributed by atoms with van der Waals surface area (Å²) in [6, 6.07) is 1.76. The number of alkyl halides is 3. The second-order valence-corrected chi connectivity index (χ2v) is 4.43. The molecule has 0 spiro atoms. The van der Waals surface area contributed by atoms with Gasteiger partial charge in [-0.1, -0.05) is 0 Å². The van der Waals surface area contributed by atoms with Gasteiger partial charge in [-0.3, -0.25) is 10.1 Å². The first-order valence-corrected chi connectivity index (χ1v) is 5.43. The van der Waals surface area contributed by atoms with Crippen molar-refractivity contribution in [3.05, 3.63) is 28.3 Å². The highest BCUT2D eigenvalue weighted by Gasteiger charge is 2.49. The minimum atomic E-state index is -6.00. The molecule has 7 nitrogen and oxygen atoms in total. The van der Waals surface area contributed by atoms with Crippen molar-refractivity contribution in [2.24, 2.45) is 0 Å². The number of hydrogen-bond donors (Lipinski definition) is 1. The third-order valence-electron chi connectivity index (χ3n) is 1.64. The molecule has 0 amide bonds. The maximum absolute atomic E-state index is 12.0. The number of rotatable bonds is 3. The van der Waals surface area contributed by atoms with E-state index < -0.39 is 37.7 Å². The van der Waals surface area contributed by atoms with Gasteiger partial charge in [0.1, 0.15) is 0 Å². The van der Waals surface area contributed by atoms with E-state index in [1.165, 1.54) is 0 Å². The highest BCUT2D eigenvalue weighted by atomic mass is 32.2. The molecule has 18 heavy (non-hydrogen) atoms. The summed E-state index contributed by atoms with van der Waals surface area (Å²) in [5, 5.41) is 19.4. The van der Waals surface area contributed by atoms with Crippen molar-refractivity contribution < 1.29 is 35.8 Å². The number of phenols is 1. The molecule has 0 saturated heterocycles. The molecule has 0 aromatic heterocycles. The Balaban J connectivity index is 3.20. The molecule has 11 heteroatoms. The van der Waals surface area contributed by atoms with Gasteiger partial charge in [0, 0.05) is 6.07 Å². The number of nitro groups is 1. The lowest BCUT2D eigenvalue weighted by Crippen LogP contribution is -2.28. The monoisotopic (exact) mass is 287 g/mol. The van der Waals surface area contributed by atoms with Crippen LogP contribution in [0.4, 0.5) is 18.9 Å². The van der Waals surface area contributed by atoms with Crippen molar-refractivity contribution in [1.82, 2.24) is 0 Å². The Labute approximate surface area is 97.7 Å². The van der Waals surface area contributed by atoms with E-state index in [-0.39, 0.29) is 0 Å². The molecule has 0 radical (unpaired) electrons. The molecule has 0 aliphatic heterocycles. The van der Waals surface area contributed by atoms with E-state index in [4.69, 9.17) is 5.11 Å². The summed E-state index contributed by atoms with van der Waals surface area (Å²) in [5.41, 5.74) is -6.44. The zero-order chi connectivity index (χ0) is 14.1. The maximum atomic E-state index is 12.0. The van der Waals surface area contributed by atoms with E-state index in [0.717, 1.165) is 6.07 Å². The molecule has 0 fully saturated rings. The highest BCUT2D eigenvalue weighted by Crippen LogP contribution is 2.34. The van der Waals surface area contributed by atoms with Crippen molar-refractivity contribution >= 4 is 15.8 Å². The lowest BCUT2D eigenvalue weighted by molar-refractivity contribution is -0.384. The molecular formula is C7H4F3NO6S. The normalized spacial score (nSPS) is 12.2. The smallest absolute Gasteiger partial charge is 0.504 e. The number of aromatic hydroxyl groups is 1. The van der Waals surface area contributed by atoms with E-state index in [1.54, 1.807) is 0 Å². The fourth-order valence-corrected chi connectivity index (χ4v) is 1.31. The van der Waals surface area contributed by atoms with Crippen LogP contribution in [0.25, 0.3) is 0 Å². The van der Waals surface area contributed by atoms with Gasteiger partial charge in [-0.05, 0) is 6.07 Å². The topological polar surface area (TPSA) is 107 Å². The Hall–Kier alpha value is -2.04. The molecule has 1 rings (SSSR count). The lowest BCUT2D eigenvalue weighted by Gasteiger charge is -2.10. The van der Waals surface area contributed by atoms with E-state index in [9.17, 15) is 31.7 Å². The minimum Gasteiger partial charge on any atom is -0.504 e. The number of nitrogens with zero attached hydrogens (tertiary/aromatic N) is 1. The standard InChI is InChI=1S/C7H4F3NO6S/c8-7(9,10)18(15,16)17-6-3-4(11(13)14)1-2-5(6)12/h1-3,12H. The van der Waals surface area contributed by atoms with Crippen LogP contribution in [0.3, 0.4) is 0 Å². The number of non-ortho nitro benzene ring substituents is 1. The van der Waals surface area contributed by atoms with Gasteiger partial charge in [0.15, 0.2) is 11.5 Å². The number of benzene rings is 1. The van der Waals surface area contributed by atoms with Gasteiger partial charge in [0.25, 0.3) is 5.69 Å². The predicted octanol–water partition coefficient (Wildman–Crippen LogP) is 1.53. The molecule has 0 aliphatic carbocycles. The summed E-state index contributed by atoms with van der Waals surface area (Å²) in [6.07, 6.45) is 0. The van der Waals surface area contributed by atoms with E-state index in [1.807, 2.05) is 0 Å². The van der Waals surface area contributed by atoms with Gasteiger partial charge in [0.05, 0.1) is 11.0 Å². The third kappa shape index (κ3) is 2.80. The zero-order valence-corrected chi connectivity index (χ0v) is 9.03. The molecule has 0 heterocycles. The van der Waals surface area contributed by atoms with Gasteiger partial charge in [-0.2, -0.15) is 21.6 Å². The molecule has 0 bridgehead atoms. The van der Waals surface area contributed by atoms with Crippen molar-refractivity contribution in [1.29, 1.82) is 0 Å². The van der Waals surface area contributed by atoms with Crippen molar-refractivity contribution in [2.45, 2.75) is 5.51 Å². The Kier molecular flexibility index (Phi) is 3.37. The second kappa shape index (κ2) is 4.33. The molecular weight excluding hydrogens is 283 g/mol. The average Bonchev–Trinajstić information content (AvgIpc) is 2.18. The summed E-state index contributed by atoms with van der Waals surface area (Å²) in [6.45, 7) is 0. The van der Waals surface area contributed by atoms with Crippen LogP contribution < -0.4 is 4.18 Å². The SMILES string of the molecule is O=[N+]([O-])c1ccc(O)c(OS(=O)(=O)C(F)(F)F)c1. The molecule has 0 aliphatic rings. The van der Waals surface area contributed by atoms with Gasteiger partial charge < -0.3 is 9.29 Å². The average molecular weight is 287 g/mol. The first kappa shape index (κ1) is 14.0. The van der Waals surface area contributed by atoms with Gasteiger partial charge in [-0.25, -0.2) is 0 Å². The fraction of sp³-hybridized carbons (Fsp3) is 0.143. The second-order valence-electron chi connectivity index (χ2n) is 2.89. The minimum absolute atomic E-state index is 0.360. The summed E-state index contributed by atoms with van der Waals surface area (Å²) in [7, 11) is -6.00. The van der Waals surface area contributed by atoms with Crippen LogP contribution in [-0.2, 0) is 10.1 Å². The van der Waals surface area contributed by atoms with Crippen LogP contribution in [-0.4, -0.2) is 24.0 Å². The molecule has 1 aromatic carbocycles. The molecule has 100 valence electrons. The Morgan fingerprint density at radius 1 is 1.33 bits per heavy atom. The van der Waals surface area contributed by atoms with Crippen LogP contribution in [0, 0.1) is 10.1 Å². The largest absolute Gasteiger partial charge is 0.534 e. The first-order valence-electron chi connectivity index (χ1n) is 4.03. The molecule has 1 aromatic rings. The quantitative estimate of drug-likeness (QED) is 0.391. The van der Waals surface area contributed by atoms with Crippen LogP contribution in [0.5, 0.6) is 11.5 Å². The summed E-state index contributed by atoms with van der Waals surface area (Å²) < 4.78 is 60.8. The van der Waals surface area contributed by atoms with Crippen LogP contribution in [0.2, 0.25) is 0 Å². The number of hydrogen-bond acceptors (Lipinski definition) is 6. The molecule has 0 atom stereocenters. The third-order valence-corrected chi connectivity index (χ3v) is 2.60. The van der Waals surface area contributed by atoms with Crippen molar-refractivity contribution in [3.8, 4) is 11.5 Å². The molecule has 0 unspecified atom stereocenters. The fourth-order valence-electron chi connectivity index (χ4n) is 0.849. The molecule has 1 N–H and O–H groups in total. The predicted molar refractivity (Wildman–Crippen MR) is 50.4 cm³/mol. The van der Waals surface area contributed by atoms with Crippen LogP contribution in [0.15, 0.2) is 18.2 Å². The summed E-state index contributed by atoms with van der Waals surface area (Å²) >= 11 is 0. The Morgan fingerprint density at radius 2 is 1.89 bits per heavy atom. The number of nitro benzene ring substituents is 1. The van der Waals surface area contributed by atoms with Crippen LogP contribution >= 0.6 is 0 Å². The maximum Gasteiger partial charge on any atom is 0.534 e. The lowest BCUT2D eigenvalue weighted by atomic mass is 10.3.